The van der Waals surface area contributed by atoms with Gasteiger partial charge < -0.3 is 10.4 Å². The van der Waals surface area contributed by atoms with Gasteiger partial charge in [0.2, 0.25) is 0 Å². The van der Waals surface area contributed by atoms with Gasteiger partial charge in [0.25, 0.3) is 0 Å². The molecule has 2 N–H and O–H groups in total. The lowest BCUT2D eigenvalue weighted by molar-refractivity contribution is -0.138. The molecule has 6 heteroatoms. The van der Waals surface area contributed by atoms with Crippen LogP contribution in [0.3, 0.4) is 0 Å². The van der Waals surface area contributed by atoms with E-state index in [0.717, 1.165) is 16.7 Å². The maximum atomic E-state index is 11.3. The minimum atomic E-state index is -0.845. The number of aliphatic carboxylic acids is 1. The van der Waals surface area contributed by atoms with Gasteiger partial charge in [0.1, 0.15) is 6.04 Å². The first-order valence-electron chi connectivity index (χ1n) is 6.25. The molecule has 0 aliphatic rings. The quantitative estimate of drug-likeness (QED) is 0.860. The fraction of sp³-hybridized carbons (Fsp3) is 0.462. The minimum Gasteiger partial charge on any atom is -0.480 e. The normalized spacial score (nSPS) is 12.8. The zero-order chi connectivity index (χ0) is 14.0. The summed E-state index contributed by atoms with van der Waals surface area (Å²) < 4.78 is 1.67. The Labute approximate surface area is 111 Å². The maximum absolute atomic E-state index is 11.3. The molecule has 0 fully saturated rings. The van der Waals surface area contributed by atoms with Gasteiger partial charge in [0, 0.05) is 18.9 Å². The first kappa shape index (κ1) is 13.3. The van der Waals surface area contributed by atoms with Crippen LogP contribution in [0.2, 0.25) is 0 Å². The summed E-state index contributed by atoms with van der Waals surface area (Å²) in [6.07, 6.45) is 3.92. The van der Waals surface area contributed by atoms with Crippen LogP contribution in [-0.4, -0.2) is 31.9 Å². The van der Waals surface area contributed by atoms with Crippen molar-refractivity contribution in [2.75, 3.05) is 5.32 Å². The molecule has 2 heterocycles. The van der Waals surface area contributed by atoms with Gasteiger partial charge in [-0.2, -0.15) is 5.10 Å². The molecule has 0 aliphatic carbocycles. The summed E-state index contributed by atoms with van der Waals surface area (Å²) in [5, 5.41) is 17.3. The highest BCUT2D eigenvalue weighted by atomic mass is 16.4. The Morgan fingerprint density at radius 2 is 2.26 bits per heavy atom. The van der Waals surface area contributed by atoms with E-state index in [-0.39, 0.29) is 0 Å². The highest BCUT2D eigenvalue weighted by Gasteiger charge is 2.20. The van der Waals surface area contributed by atoms with Crippen LogP contribution in [0.25, 0.3) is 11.0 Å². The van der Waals surface area contributed by atoms with Crippen LogP contribution in [-0.2, 0) is 11.8 Å². The second-order valence-electron chi connectivity index (χ2n) is 5.03. The molecule has 0 saturated carbocycles. The van der Waals surface area contributed by atoms with E-state index in [2.05, 4.69) is 15.4 Å². The zero-order valence-corrected chi connectivity index (χ0v) is 11.3. The predicted molar refractivity (Wildman–Crippen MR) is 73.0 cm³/mol. The lowest BCUT2D eigenvalue weighted by Gasteiger charge is -2.18. The number of hydrogen-bond acceptors (Lipinski definition) is 4. The third-order valence-corrected chi connectivity index (χ3v) is 2.97. The predicted octanol–water partition coefficient (Wildman–Crippen LogP) is 1.88. The number of nitrogens with zero attached hydrogens (tertiary/aromatic N) is 3. The molecule has 6 nitrogen and oxygen atoms in total. The number of rotatable bonds is 5. The number of anilines is 1. The molecule has 2 rings (SSSR count). The molecular weight excluding hydrogens is 244 g/mol. The van der Waals surface area contributed by atoms with Crippen molar-refractivity contribution < 1.29 is 9.90 Å². The summed E-state index contributed by atoms with van der Waals surface area (Å²) >= 11 is 0. The van der Waals surface area contributed by atoms with Gasteiger partial charge in [-0.3, -0.25) is 4.68 Å². The van der Waals surface area contributed by atoms with Crippen molar-refractivity contribution >= 4 is 22.7 Å². The van der Waals surface area contributed by atoms with Gasteiger partial charge in [-0.05, 0) is 18.4 Å². The lowest BCUT2D eigenvalue weighted by atomic mass is 10.0. The second-order valence-corrected chi connectivity index (χ2v) is 5.03. The van der Waals surface area contributed by atoms with E-state index >= 15 is 0 Å². The van der Waals surface area contributed by atoms with Gasteiger partial charge in [-0.15, -0.1) is 0 Å². The molecule has 0 radical (unpaired) electrons. The molecule has 1 atom stereocenters. The SMILES string of the molecule is CC(C)C[C@H](Nc1ccnc2c1cnn2C)C(=O)O. The van der Waals surface area contributed by atoms with Crippen LogP contribution in [0.4, 0.5) is 5.69 Å². The largest absolute Gasteiger partial charge is 0.480 e. The fourth-order valence-corrected chi connectivity index (χ4v) is 2.05. The molecule has 0 aliphatic heterocycles. The molecule has 0 bridgehead atoms. The Kier molecular flexibility index (Phi) is 3.69. The minimum absolute atomic E-state index is 0.305. The molecule has 0 spiro atoms. The summed E-state index contributed by atoms with van der Waals surface area (Å²) in [6.45, 7) is 4.01. The average molecular weight is 262 g/mol. The van der Waals surface area contributed by atoms with Gasteiger partial charge in [-0.1, -0.05) is 13.8 Å². The number of nitrogens with one attached hydrogen (secondary N) is 1. The first-order chi connectivity index (χ1) is 8.99. The molecule has 2 aromatic rings. The van der Waals surface area contributed by atoms with Gasteiger partial charge in [-0.25, -0.2) is 9.78 Å². The smallest absolute Gasteiger partial charge is 0.326 e. The maximum Gasteiger partial charge on any atom is 0.326 e. The Hall–Kier alpha value is -2.11. The van der Waals surface area contributed by atoms with Crippen LogP contribution in [0, 0.1) is 5.92 Å². The molecule has 19 heavy (non-hydrogen) atoms. The van der Waals surface area contributed by atoms with E-state index < -0.39 is 12.0 Å². The highest BCUT2D eigenvalue weighted by Crippen LogP contribution is 2.22. The Morgan fingerprint density at radius 1 is 1.53 bits per heavy atom. The van der Waals surface area contributed by atoms with Crippen molar-refractivity contribution in [3.63, 3.8) is 0 Å². The zero-order valence-electron chi connectivity index (χ0n) is 11.3. The van der Waals surface area contributed by atoms with Crippen LogP contribution >= 0.6 is 0 Å². The number of pyridine rings is 1. The van der Waals surface area contributed by atoms with Crippen LogP contribution in [0.1, 0.15) is 20.3 Å². The summed E-state index contributed by atoms with van der Waals surface area (Å²) in [7, 11) is 1.81. The first-order valence-corrected chi connectivity index (χ1v) is 6.25. The highest BCUT2D eigenvalue weighted by molar-refractivity contribution is 5.90. The number of fused-ring (bicyclic) bond motifs is 1. The van der Waals surface area contributed by atoms with E-state index in [0.29, 0.717) is 12.3 Å². The Bertz CT molecular complexity index is 591. The number of aromatic nitrogens is 3. The summed E-state index contributed by atoms with van der Waals surface area (Å²) in [5.41, 5.74) is 1.49. The number of carboxylic acid groups (broad SMARTS) is 1. The Balaban J connectivity index is 2.31. The van der Waals surface area contributed by atoms with Crippen molar-refractivity contribution in [2.45, 2.75) is 26.3 Å². The monoisotopic (exact) mass is 262 g/mol. The van der Waals surface area contributed by atoms with Crippen molar-refractivity contribution in [1.29, 1.82) is 0 Å². The molecule has 0 amide bonds. The van der Waals surface area contributed by atoms with Crippen LogP contribution in [0.15, 0.2) is 18.5 Å². The number of aryl methyl sites for hydroxylation is 1. The van der Waals surface area contributed by atoms with E-state index in [1.54, 1.807) is 23.1 Å². The van der Waals surface area contributed by atoms with Gasteiger partial charge in [0.05, 0.1) is 11.6 Å². The van der Waals surface area contributed by atoms with Crippen molar-refractivity contribution in [2.24, 2.45) is 13.0 Å². The average Bonchev–Trinajstić information content (AvgIpc) is 2.71. The molecule has 0 saturated heterocycles. The van der Waals surface area contributed by atoms with E-state index in [1.807, 2.05) is 20.9 Å². The van der Waals surface area contributed by atoms with E-state index in [9.17, 15) is 9.90 Å². The summed E-state index contributed by atoms with van der Waals surface area (Å²) in [4.78, 5) is 15.5. The molecule has 102 valence electrons. The van der Waals surface area contributed by atoms with Crippen LogP contribution in [0.5, 0.6) is 0 Å². The molecule has 2 aromatic heterocycles. The molecular formula is C13H18N4O2. The standard InChI is InChI=1S/C13H18N4O2/c1-8(2)6-11(13(18)19)16-10-4-5-14-12-9(10)7-15-17(12)3/h4-5,7-8,11H,6H2,1-3H3,(H,14,16)(H,18,19)/t11-/m0/s1. The fourth-order valence-electron chi connectivity index (χ4n) is 2.05. The molecule has 0 aromatic carbocycles. The lowest BCUT2D eigenvalue weighted by Crippen LogP contribution is -2.30. The number of carbonyl (C=O) groups is 1. The van der Waals surface area contributed by atoms with Gasteiger partial charge >= 0.3 is 5.97 Å². The van der Waals surface area contributed by atoms with Crippen molar-refractivity contribution in [1.82, 2.24) is 14.8 Å². The number of hydrogen-bond donors (Lipinski definition) is 2. The van der Waals surface area contributed by atoms with E-state index in [1.165, 1.54) is 0 Å². The van der Waals surface area contributed by atoms with Gasteiger partial charge in [0.15, 0.2) is 5.65 Å². The van der Waals surface area contributed by atoms with E-state index in [4.69, 9.17) is 0 Å². The summed E-state index contributed by atoms with van der Waals surface area (Å²) in [5.74, 6) is -0.539. The van der Waals surface area contributed by atoms with Crippen molar-refractivity contribution in [3.8, 4) is 0 Å². The third-order valence-electron chi connectivity index (χ3n) is 2.97. The van der Waals surface area contributed by atoms with Crippen LogP contribution < -0.4 is 5.32 Å². The van der Waals surface area contributed by atoms with Crippen molar-refractivity contribution in [3.05, 3.63) is 18.5 Å². The summed E-state index contributed by atoms with van der Waals surface area (Å²) in [6, 6.07) is 1.17. The second kappa shape index (κ2) is 5.26. The number of carboxylic acids is 1. The molecule has 0 unspecified atom stereocenters. The Morgan fingerprint density at radius 3 is 2.89 bits per heavy atom. The third kappa shape index (κ3) is 2.83. The topological polar surface area (TPSA) is 80.0 Å².